The summed E-state index contributed by atoms with van der Waals surface area (Å²) in [5.74, 6) is -0.221. The number of piperidine rings is 1. The standard InChI is InChI=1S/C23H25N3O6S/c1-33(30,31)32-20-11-9-18(10-12-20)17-7-5-16(6-8-17)14-19(15-24)25-22(27)21-4-2-3-13-26(21)23(28)29/h5-12,19,21H,2-4,13-14H2,1H3,(H,25,27)(H,28,29). The van der Waals surface area contributed by atoms with Crippen molar-refractivity contribution in [1.29, 1.82) is 5.26 Å². The maximum absolute atomic E-state index is 12.6. The SMILES string of the molecule is CS(=O)(=O)Oc1ccc(-c2ccc(CC(C#N)NC(=O)C3CCCCN3C(=O)O)cc2)cc1. The van der Waals surface area contributed by atoms with E-state index in [9.17, 15) is 28.4 Å². The number of hydrogen-bond acceptors (Lipinski definition) is 6. The van der Waals surface area contributed by atoms with Crippen molar-refractivity contribution >= 4 is 22.1 Å². The minimum absolute atomic E-state index is 0.227. The molecule has 33 heavy (non-hydrogen) atoms. The van der Waals surface area contributed by atoms with Crippen LogP contribution in [0.4, 0.5) is 4.79 Å². The Morgan fingerprint density at radius 2 is 1.76 bits per heavy atom. The van der Waals surface area contributed by atoms with Gasteiger partial charge in [0.1, 0.15) is 17.8 Å². The number of nitrogens with zero attached hydrogens (tertiary/aromatic N) is 2. The molecule has 1 heterocycles. The number of rotatable bonds is 7. The van der Waals surface area contributed by atoms with Gasteiger partial charge in [0.2, 0.25) is 5.91 Å². The summed E-state index contributed by atoms with van der Waals surface area (Å²) in [6.45, 7) is 0.313. The van der Waals surface area contributed by atoms with E-state index in [0.717, 1.165) is 40.7 Å². The zero-order valence-electron chi connectivity index (χ0n) is 18.1. The van der Waals surface area contributed by atoms with Crippen molar-refractivity contribution in [3.8, 4) is 22.9 Å². The van der Waals surface area contributed by atoms with Crippen molar-refractivity contribution in [2.45, 2.75) is 37.8 Å². The van der Waals surface area contributed by atoms with Crippen LogP contribution >= 0.6 is 0 Å². The molecule has 9 nitrogen and oxygen atoms in total. The second-order valence-corrected chi connectivity index (χ2v) is 9.47. The Bertz CT molecular complexity index is 1140. The molecule has 0 bridgehead atoms. The van der Waals surface area contributed by atoms with E-state index in [1.165, 1.54) is 0 Å². The van der Waals surface area contributed by atoms with E-state index in [1.54, 1.807) is 24.3 Å². The Morgan fingerprint density at radius 1 is 1.15 bits per heavy atom. The molecule has 1 aliphatic rings. The lowest BCUT2D eigenvalue weighted by Crippen LogP contribution is -2.53. The van der Waals surface area contributed by atoms with Crippen LogP contribution in [0, 0.1) is 11.3 Å². The second-order valence-electron chi connectivity index (χ2n) is 7.89. The van der Waals surface area contributed by atoms with Gasteiger partial charge in [0.25, 0.3) is 0 Å². The third-order valence-corrected chi connectivity index (χ3v) is 5.85. The maximum atomic E-state index is 12.6. The van der Waals surface area contributed by atoms with Crippen LogP contribution in [0.1, 0.15) is 24.8 Å². The highest BCUT2D eigenvalue weighted by atomic mass is 32.2. The van der Waals surface area contributed by atoms with E-state index in [0.29, 0.717) is 13.0 Å². The topological polar surface area (TPSA) is 137 Å². The first kappa shape index (κ1) is 24.1. The Labute approximate surface area is 192 Å². The molecule has 2 N–H and O–H groups in total. The molecule has 1 aliphatic heterocycles. The molecular formula is C23H25N3O6S. The minimum Gasteiger partial charge on any atom is -0.465 e. The molecule has 1 saturated heterocycles. The monoisotopic (exact) mass is 471 g/mol. The number of hydrogen-bond donors (Lipinski definition) is 2. The molecule has 0 radical (unpaired) electrons. The first-order valence-corrected chi connectivity index (χ1v) is 12.3. The fourth-order valence-corrected chi connectivity index (χ4v) is 4.24. The number of carbonyl (C=O) groups is 2. The number of nitrogens with one attached hydrogen (secondary N) is 1. The zero-order valence-corrected chi connectivity index (χ0v) is 18.9. The van der Waals surface area contributed by atoms with Crippen LogP contribution in [0.15, 0.2) is 48.5 Å². The lowest BCUT2D eigenvalue weighted by molar-refractivity contribution is -0.127. The minimum atomic E-state index is -3.59. The van der Waals surface area contributed by atoms with Crippen LogP contribution in [-0.2, 0) is 21.3 Å². The zero-order chi connectivity index (χ0) is 24.0. The lowest BCUT2D eigenvalue weighted by Gasteiger charge is -2.32. The molecule has 2 aromatic carbocycles. The van der Waals surface area contributed by atoms with Gasteiger partial charge < -0.3 is 14.6 Å². The van der Waals surface area contributed by atoms with Gasteiger partial charge in [0.05, 0.1) is 12.3 Å². The summed E-state index contributed by atoms with van der Waals surface area (Å²) < 4.78 is 27.3. The van der Waals surface area contributed by atoms with Gasteiger partial charge in [-0.3, -0.25) is 9.69 Å². The first-order valence-electron chi connectivity index (χ1n) is 10.4. The molecular weight excluding hydrogens is 446 g/mol. The lowest BCUT2D eigenvalue weighted by atomic mass is 9.99. The van der Waals surface area contributed by atoms with Gasteiger partial charge in [-0.05, 0) is 48.1 Å². The second kappa shape index (κ2) is 10.4. The highest BCUT2D eigenvalue weighted by Gasteiger charge is 2.32. The average Bonchev–Trinajstić information content (AvgIpc) is 2.78. The van der Waals surface area contributed by atoms with Crippen LogP contribution in [0.5, 0.6) is 5.75 Å². The molecule has 2 amide bonds. The highest BCUT2D eigenvalue weighted by molar-refractivity contribution is 7.86. The predicted octanol–water partition coefficient (Wildman–Crippen LogP) is 2.78. The van der Waals surface area contributed by atoms with Gasteiger partial charge >= 0.3 is 16.2 Å². The Kier molecular flexibility index (Phi) is 7.55. The third kappa shape index (κ3) is 6.70. The van der Waals surface area contributed by atoms with E-state index >= 15 is 0 Å². The van der Waals surface area contributed by atoms with Gasteiger partial charge in [-0.2, -0.15) is 13.7 Å². The Balaban J connectivity index is 1.62. The fourth-order valence-electron chi connectivity index (χ4n) is 3.78. The Morgan fingerprint density at radius 3 is 2.30 bits per heavy atom. The summed E-state index contributed by atoms with van der Waals surface area (Å²) >= 11 is 0. The summed E-state index contributed by atoms with van der Waals surface area (Å²) in [5, 5.41) is 21.5. The largest absolute Gasteiger partial charge is 0.465 e. The molecule has 0 aromatic heterocycles. The molecule has 0 spiro atoms. The summed E-state index contributed by atoms with van der Waals surface area (Å²) in [6, 6.07) is 14.6. The van der Waals surface area contributed by atoms with Crippen molar-refractivity contribution in [2.24, 2.45) is 0 Å². The van der Waals surface area contributed by atoms with Crippen LogP contribution in [-0.4, -0.2) is 55.3 Å². The molecule has 3 rings (SSSR count). The van der Waals surface area contributed by atoms with Crippen LogP contribution in [0.3, 0.4) is 0 Å². The van der Waals surface area contributed by atoms with Gasteiger partial charge in [-0.15, -0.1) is 0 Å². The molecule has 2 aromatic rings. The van der Waals surface area contributed by atoms with Crippen molar-refractivity contribution < 1.29 is 27.3 Å². The molecule has 1 fully saturated rings. The van der Waals surface area contributed by atoms with Gasteiger partial charge in [0, 0.05) is 13.0 Å². The number of likely N-dealkylation sites (tertiary alicyclic amines) is 1. The number of benzene rings is 2. The normalized spacial score (nSPS) is 17.0. The van der Waals surface area contributed by atoms with E-state index in [1.807, 2.05) is 24.3 Å². The van der Waals surface area contributed by atoms with E-state index in [4.69, 9.17) is 4.18 Å². The quantitative estimate of drug-likeness (QED) is 0.592. The average molecular weight is 472 g/mol. The van der Waals surface area contributed by atoms with Crippen molar-refractivity contribution in [1.82, 2.24) is 10.2 Å². The smallest absolute Gasteiger partial charge is 0.407 e. The van der Waals surface area contributed by atoms with Crippen molar-refractivity contribution in [2.75, 3.05) is 12.8 Å². The highest BCUT2D eigenvalue weighted by Crippen LogP contribution is 2.24. The molecule has 10 heteroatoms. The number of nitriles is 1. The van der Waals surface area contributed by atoms with Crippen molar-refractivity contribution in [3.63, 3.8) is 0 Å². The van der Waals surface area contributed by atoms with Gasteiger partial charge in [-0.25, -0.2) is 4.79 Å². The van der Waals surface area contributed by atoms with E-state index in [2.05, 4.69) is 11.4 Å². The van der Waals surface area contributed by atoms with Crippen LogP contribution in [0.2, 0.25) is 0 Å². The molecule has 2 unspecified atom stereocenters. The van der Waals surface area contributed by atoms with Crippen LogP contribution in [0.25, 0.3) is 11.1 Å². The fraction of sp³-hybridized carbons (Fsp3) is 0.348. The third-order valence-electron chi connectivity index (χ3n) is 5.35. The Hall–Kier alpha value is -3.58. The molecule has 174 valence electrons. The van der Waals surface area contributed by atoms with Crippen LogP contribution < -0.4 is 9.50 Å². The predicted molar refractivity (Wildman–Crippen MR) is 121 cm³/mol. The van der Waals surface area contributed by atoms with Gasteiger partial charge in [-0.1, -0.05) is 36.4 Å². The number of amides is 2. The molecule has 2 atom stereocenters. The summed E-state index contributed by atoms with van der Waals surface area (Å²) in [5.41, 5.74) is 2.58. The van der Waals surface area contributed by atoms with Gasteiger partial charge in [0.15, 0.2) is 0 Å². The van der Waals surface area contributed by atoms with E-state index < -0.39 is 34.2 Å². The number of carboxylic acid groups (broad SMARTS) is 1. The number of carbonyl (C=O) groups excluding carboxylic acids is 1. The molecule has 0 saturated carbocycles. The van der Waals surface area contributed by atoms with E-state index in [-0.39, 0.29) is 12.2 Å². The summed E-state index contributed by atoms with van der Waals surface area (Å²) in [7, 11) is -3.59. The first-order chi connectivity index (χ1) is 15.7. The maximum Gasteiger partial charge on any atom is 0.407 e. The summed E-state index contributed by atoms with van der Waals surface area (Å²) in [4.78, 5) is 25.1. The summed E-state index contributed by atoms with van der Waals surface area (Å²) in [6.07, 6.45) is 2.06. The van der Waals surface area contributed by atoms with Crippen molar-refractivity contribution in [3.05, 3.63) is 54.1 Å². The molecule has 0 aliphatic carbocycles.